The van der Waals surface area contributed by atoms with Crippen LogP contribution >= 0.6 is 9.03 Å². The van der Waals surface area contributed by atoms with Gasteiger partial charge in [0, 0.05) is 27.2 Å². The smallest absolute Gasteiger partial charge is 0.284 e. The fraction of sp³-hybridized carbons (Fsp3) is 1.00. The molecule has 0 spiro atoms. The van der Waals surface area contributed by atoms with Gasteiger partial charge in [0.1, 0.15) is 0 Å². The van der Waals surface area contributed by atoms with E-state index in [-0.39, 0.29) is 9.03 Å². The zero-order valence-electron chi connectivity index (χ0n) is 8.05. The minimum absolute atomic E-state index is 0.0641. The van der Waals surface area contributed by atoms with Crippen molar-refractivity contribution in [2.24, 2.45) is 0 Å². The maximum atomic E-state index is 5.25. The normalized spacial score (nSPS) is 13.0. The molecule has 12 heavy (non-hydrogen) atoms. The highest BCUT2D eigenvalue weighted by molar-refractivity contribution is 7.26. The summed E-state index contributed by atoms with van der Waals surface area (Å²) in [5, 5.41) is 0. The molecule has 0 heterocycles. The van der Waals surface area contributed by atoms with E-state index in [9.17, 15) is 0 Å². The lowest BCUT2D eigenvalue weighted by atomic mass is 10.6. The highest BCUT2D eigenvalue weighted by Crippen LogP contribution is 2.25. The topological polar surface area (TPSA) is 36.9 Å². The maximum Gasteiger partial charge on any atom is 0.284 e. The largest absolute Gasteiger partial charge is 0.340 e. The molecule has 0 radical (unpaired) electrons. The summed E-state index contributed by atoms with van der Waals surface area (Å²) in [5.74, 6) is -0.960. The Labute approximate surface area is 75.5 Å². The van der Waals surface area contributed by atoms with Crippen LogP contribution in [0.15, 0.2) is 0 Å². The van der Waals surface area contributed by atoms with Gasteiger partial charge in [-0.2, -0.15) is 0 Å². The van der Waals surface area contributed by atoms with E-state index in [1.54, 1.807) is 14.0 Å². The maximum absolute atomic E-state index is 5.25. The van der Waals surface area contributed by atoms with Crippen LogP contribution in [0.1, 0.15) is 20.8 Å². The predicted octanol–water partition coefficient (Wildman–Crippen LogP) is 1.90. The molecule has 0 fully saturated rings. The molecule has 1 atom stereocenters. The van der Waals surface area contributed by atoms with E-state index in [2.05, 4.69) is 0 Å². The van der Waals surface area contributed by atoms with Gasteiger partial charge < -0.3 is 14.0 Å². The van der Waals surface area contributed by atoms with Gasteiger partial charge in [-0.15, -0.1) is 0 Å². The van der Waals surface area contributed by atoms with Crippen LogP contribution in [0.25, 0.3) is 0 Å². The Morgan fingerprint density at radius 3 is 2.00 bits per heavy atom. The molecule has 0 saturated heterocycles. The summed E-state index contributed by atoms with van der Waals surface area (Å²) in [6.45, 7) is 6.59. The van der Waals surface area contributed by atoms with Gasteiger partial charge in [0.25, 0.3) is 5.97 Å². The van der Waals surface area contributed by atoms with E-state index < -0.39 is 5.97 Å². The first-order valence-corrected chi connectivity index (χ1v) is 4.74. The number of rotatable bonds is 7. The number of hydrogen-bond acceptors (Lipinski definition) is 4. The zero-order chi connectivity index (χ0) is 9.45. The molecule has 0 saturated carbocycles. The Kier molecular flexibility index (Phi) is 6.90. The highest BCUT2D eigenvalue weighted by Gasteiger charge is 2.25. The molecule has 1 unspecified atom stereocenters. The lowest BCUT2D eigenvalue weighted by Crippen LogP contribution is -2.33. The molecule has 5 heteroatoms. The van der Waals surface area contributed by atoms with Gasteiger partial charge in [-0.1, -0.05) is 0 Å². The summed E-state index contributed by atoms with van der Waals surface area (Å²) < 4.78 is 20.5. The standard InChI is InChI=1S/C7H17O4P/c1-5-9-7(3,10-6-2)11-12-8-4/h12H,5-6H2,1-4H3. The Morgan fingerprint density at radius 1 is 1.17 bits per heavy atom. The van der Waals surface area contributed by atoms with Crippen molar-refractivity contribution in [3.05, 3.63) is 0 Å². The van der Waals surface area contributed by atoms with Crippen LogP contribution in [-0.2, 0) is 18.5 Å². The van der Waals surface area contributed by atoms with Crippen LogP contribution < -0.4 is 0 Å². The second-order valence-electron chi connectivity index (χ2n) is 2.12. The van der Waals surface area contributed by atoms with E-state index in [1.165, 1.54) is 0 Å². The minimum Gasteiger partial charge on any atom is -0.340 e. The van der Waals surface area contributed by atoms with Crippen molar-refractivity contribution in [2.45, 2.75) is 26.7 Å². The first-order chi connectivity index (χ1) is 5.68. The number of ether oxygens (including phenoxy) is 2. The van der Waals surface area contributed by atoms with E-state index in [1.807, 2.05) is 13.8 Å². The summed E-state index contributed by atoms with van der Waals surface area (Å²) in [7, 11) is 1.50. The van der Waals surface area contributed by atoms with Crippen molar-refractivity contribution in [3.63, 3.8) is 0 Å². The Balaban J connectivity index is 3.80. The van der Waals surface area contributed by atoms with Gasteiger partial charge in [0.2, 0.25) is 0 Å². The molecule has 0 aromatic heterocycles. The van der Waals surface area contributed by atoms with Gasteiger partial charge in [-0.3, -0.25) is 4.52 Å². The van der Waals surface area contributed by atoms with Crippen LogP contribution in [0.5, 0.6) is 0 Å². The Hall–Kier alpha value is 0.270. The summed E-state index contributed by atoms with van der Waals surface area (Å²) >= 11 is 0. The summed E-state index contributed by atoms with van der Waals surface area (Å²) in [6, 6.07) is 0. The quantitative estimate of drug-likeness (QED) is 0.460. The second kappa shape index (κ2) is 6.75. The van der Waals surface area contributed by atoms with Gasteiger partial charge in [-0.05, 0) is 13.8 Å². The van der Waals surface area contributed by atoms with Gasteiger partial charge in [0.15, 0.2) is 9.03 Å². The first-order valence-electron chi connectivity index (χ1n) is 3.92. The number of hydrogen-bond donors (Lipinski definition) is 0. The highest BCUT2D eigenvalue weighted by atomic mass is 31.1. The van der Waals surface area contributed by atoms with Crippen LogP contribution in [0.4, 0.5) is 0 Å². The molecular formula is C7H17O4P. The molecule has 0 aliphatic carbocycles. The zero-order valence-corrected chi connectivity index (χ0v) is 9.05. The van der Waals surface area contributed by atoms with Gasteiger partial charge in [-0.25, -0.2) is 0 Å². The molecule has 0 aliphatic rings. The lowest BCUT2D eigenvalue weighted by molar-refractivity contribution is -0.327. The van der Waals surface area contributed by atoms with Crippen LogP contribution in [0.2, 0.25) is 0 Å². The molecule has 0 aliphatic heterocycles. The minimum atomic E-state index is -0.960. The van der Waals surface area contributed by atoms with Crippen molar-refractivity contribution >= 4 is 9.03 Å². The summed E-state index contributed by atoms with van der Waals surface area (Å²) in [5.41, 5.74) is 0. The fourth-order valence-electron chi connectivity index (χ4n) is 0.742. The first kappa shape index (κ1) is 12.3. The molecule has 74 valence electrons. The third kappa shape index (κ3) is 5.01. The molecule has 0 aromatic rings. The molecule has 0 bridgehead atoms. The molecule has 0 aromatic carbocycles. The average Bonchev–Trinajstić information content (AvgIpc) is 2.02. The van der Waals surface area contributed by atoms with E-state index in [0.29, 0.717) is 13.2 Å². The van der Waals surface area contributed by atoms with E-state index in [4.69, 9.17) is 18.5 Å². The molecule has 4 nitrogen and oxygen atoms in total. The Bertz CT molecular complexity index is 104. The monoisotopic (exact) mass is 196 g/mol. The molecule has 0 N–H and O–H groups in total. The molecule has 0 amide bonds. The fourth-order valence-corrected chi connectivity index (χ4v) is 1.09. The third-order valence-corrected chi connectivity index (χ3v) is 1.74. The van der Waals surface area contributed by atoms with Crippen molar-refractivity contribution in [1.29, 1.82) is 0 Å². The summed E-state index contributed by atoms with van der Waals surface area (Å²) in [4.78, 5) is 0. The van der Waals surface area contributed by atoms with Gasteiger partial charge >= 0.3 is 0 Å². The van der Waals surface area contributed by atoms with E-state index >= 15 is 0 Å². The summed E-state index contributed by atoms with van der Waals surface area (Å²) in [6.07, 6.45) is 0. The van der Waals surface area contributed by atoms with Crippen molar-refractivity contribution < 1.29 is 18.5 Å². The molecular weight excluding hydrogens is 179 g/mol. The predicted molar refractivity (Wildman–Crippen MR) is 48.1 cm³/mol. The van der Waals surface area contributed by atoms with Crippen molar-refractivity contribution in [3.8, 4) is 0 Å². The lowest BCUT2D eigenvalue weighted by Gasteiger charge is -2.27. The van der Waals surface area contributed by atoms with Gasteiger partial charge in [0.05, 0.1) is 0 Å². The van der Waals surface area contributed by atoms with Crippen LogP contribution in [0.3, 0.4) is 0 Å². The van der Waals surface area contributed by atoms with Crippen molar-refractivity contribution in [2.75, 3.05) is 20.3 Å². The SMILES string of the molecule is CCOC(C)(OCC)OPOC. The Morgan fingerprint density at radius 2 is 1.67 bits per heavy atom. The average molecular weight is 196 g/mol. The second-order valence-corrected chi connectivity index (χ2v) is 2.90. The third-order valence-electron chi connectivity index (χ3n) is 1.12. The molecule has 0 rings (SSSR count). The van der Waals surface area contributed by atoms with Crippen LogP contribution in [0, 0.1) is 0 Å². The van der Waals surface area contributed by atoms with E-state index in [0.717, 1.165) is 0 Å². The van der Waals surface area contributed by atoms with Crippen molar-refractivity contribution in [1.82, 2.24) is 0 Å². The van der Waals surface area contributed by atoms with Crippen LogP contribution in [-0.4, -0.2) is 26.3 Å².